The van der Waals surface area contributed by atoms with E-state index < -0.39 is 12.7 Å². The van der Waals surface area contributed by atoms with E-state index in [1.54, 1.807) is 6.92 Å². The van der Waals surface area contributed by atoms with Gasteiger partial charge in [-0.15, -0.1) is 0 Å². The van der Waals surface area contributed by atoms with Gasteiger partial charge in [-0.05, 0) is 6.92 Å². The van der Waals surface area contributed by atoms with Crippen molar-refractivity contribution in [1.29, 1.82) is 0 Å². The minimum Gasteiger partial charge on any atom is -0.392 e. The van der Waals surface area contributed by atoms with Crippen molar-refractivity contribution in [3.8, 4) is 0 Å². The van der Waals surface area contributed by atoms with Gasteiger partial charge in [-0.1, -0.05) is 0 Å². The average molecular weight is 235 g/mol. The summed E-state index contributed by atoms with van der Waals surface area (Å²) in [6.45, 7) is 0.445. The van der Waals surface area contributed by atoms with Crippen molar-refractivity contribution < 1.29 is 18.3 Å². The van der Waals surface area contributed by atoms with E-state index in [-0.39, 0.29) is 19.1 Å². The molecule has 1 rings (SSSR count). The van der Waals surface area contributed by atoms with Gasteiger partial charge in [-0.2, -0.15) is 13.2 Å². The monoisotopic (exact) mass is 235 g/mol. The fraction of sp³-hybridized carbons (Fsp3) is 0.556. The van der Waals surface area contributed by atoms with E-state index in [0.29, 0.717) is 5.56 Å². The van der Waals surface area contributed by atoms with Crippen LogP contribution < -0.4 is 4.90 Å². The third-order valence-electron chi connectivity index (χ3n) is 1.91. The molecule has 0 saturated carbocycles. The van der Waals surface area contributed by atoms with Crippen LogP contribution in [0.2, 0.25) is 0 Å². The summed E-state index contributed by atoms with van der Waals surface area (Å²) in [6, 6.07) is 0. The molecule has 0 fully saturated rings. The molecule has 16 heavy (non-hydrogen) atoms. The first-order valence-corrected chi connectivity index (χ1v) is 4.69. The van der Waals surface area contributed by atoms with Crippen molar-refractivity contribution in [1.82, 2.24) is 9.97 Å². The van der Waals surface area contributed by atoms with E-state index in [2.05, 4.69) is 9.97 Å². The Kier molecular flexibility index (Phi) is 4.05. The van der Waals surface area contributed by atoms with Crippen LogP contribution in [0, 0.1) is 0 Å². The molecule has 0 aromatic carbocycles. The van der Waals surface area contributed by atoms with Crippen LogP contribution in [0.25, 0.3) is 0 Å². The molecule has 0 aliphatic heterocycles. The topological polar surface area (TPSA) is 49.2 Å². The quantitative estimate of drug-likeness (QED) is 0.856. The van der Waals surface area contributed by atoms with E-state index in [1.807, 2.05) is 0 Å². The molecule has 1 N–H and O–H groups in total. The SMILES string of the molecule is CCN(CC(F)(F)F)c1ncc(CO)cn1. The molecule has 1 aromatic heterocycles. The third kappa shape index (κ3) is 3.65. The van der Waals surface area contributed by atoms with Crippen LogP contribution in [-0.2, 0) is 6.61 Å². The molecule has 0 saturated heterocycles. The zero-order valence-electron chi connectivity index (χ0n) is 8.70. The summed E-state index contributed by atoms with van der Waals surface area (Å²) in [7, 11) is 0. The second-order valence-electron chi connectivity index (χ2n) is 3.18. The van der Waals surface area contributed by atoms with Crippen LogP contribution in [0.4, 0.5) is 19.1 Å². The van der Waals surface area contributed by atoms with Gasteiger partial charge in [0, 0.05) is 24.5 Å². The zero-order chi connectivity index (χ0) is 12.2. The predicted molar refractivity (Wildman–Crippen MR) is 51.9 cm³/mol. The lowest BCUT2D eigenvalue weighted by atomic mass is 10.4. The van der Waals surface area contributed by atoms with Gasteiger partial charge in [0.2, 0.25) is 5.95 Å². The Morgan fingerprint density at radius 1 is 1.31 bits per heavy atom. The summed E-state index contributed by atoms with van der Waals surface area (Å²) in [5.41, 5.74) is 0.465. The Bertz CT molecular complexity index is 326. The molecular formula is C9H12F3N3O. The number of rotatable bonds is 4. The van der Waals surface area contributed by atoms with Gasteiger partial charge in [-0.25, -0.2) is 9.97 Å². The summed E-state index contributed by atoms with van der Waals surface area (Å²) in [5.74, 6) is 0.0111. The summed E-state index contributed by atoms with van der Waals surface area (Å²) < 4.78 is 36.6. The Balaban J connectivity index is 2.79. The summed E-state index contributed by atoms with van der Waals surface area (Å²) in [6.07, 6.45) is -1.67. The second kappa shape index (κ2) is 5.11. The maximum atomic E-state index is 12.2. The zero-order valence-corrected chi connectivity index (χ0v) is 8.70. The van der Waals surface area contributed by atoms with Gasteiger partial charge in [0.05, 0.1) is 6.61 Å². The maximum absolute atomic E-state index is 12.2. The molecule has 0 amide bonds. The summed E-state index contributed by atoms with van der Waals surface area (Å²) in [4.78, 5) is 8.53. The smallest absolute Gasteiger partial charge is 0.392 e. The Hall–Kier alpha value is -1.37. The first kappa shape index (κ1) is 12.7. The van der Waals surface area contributed by atoms with Crippen LogP contribution in [0.5, 0.6) is 0 Å². The van der Waals surface area contributed by atoms with Gasteiger partial charge in [0.1, 0.15) is 6.54 Å². The minimum absolute atomic E-state index is 0.0111. The van der Waals surface area contributed by atoms with Crippen molar-refractivity contribution in [3.63, 3.8) is 0 Å². The van der Waals surface area contributed by atoms with Crippen LogP contribution in [0.3, 0.4) is 0 Å². The van der Waals surface area contributed by atoms with Gasteiger partial charge < -0.3 is 10.0 Å². The molecule has 0 atom stereocenters. The van der Waals surface area contributed by atoms with Crippen LogP contribution in [0.1, 0.15) is 12.5 Å². The van der Waals surface area contributed by atoms with Crippen LogP contribution in [-0.4, -0.2) is 34.3 Å². The van der Waals surface area contributed by atoms with E-state index in [9.17, 15) is 13.2 Å². The van der Waals surface area contributed by atoms with E-state index >= 15 is 0 Å². The van der Waals surface area contributed by atoms with Crippen molar-refractivity contribution in [2.24, 2.45) is 0 Å². The number of aromatic nitrogens is 2. The number of alkyl halides is 3. The molecule has 1 aromatic rings. The number of halogens is 3. The Labute approximate surface area is 90.7 Å². The fourth-order valence-corrected chi connectivity index (χ4v) is 1.13. The highest BCUT2D eigenvalue weighted by molar-refractivity contribution is 5.29. The molecule has 0 bridgehead atoms. The third-order valence-corrected chi connectivity index (χ3v) is 1.91. The van der Waals surface area contributed by atoms with E-state index in [4.69, 9.17) is 5.11 Å². The average Bonchev–Trinajstić information content (AvgIpc) is 2.25. The number of anilines is 1. The molecule has 90 valence electrons. The van der Waals surface area contributed by atoms with Gasteiger partial charge in [0.15, 0.2) is 0 Å². The van der Waals surface area contributed by atoms with Gasteiger partial charge in [0.25, 0.3) is 0 Å². The summed E-state index contributed by atoms with van der Waals surface area (Å²) >= 11 is 0. The molecular weight excluding hydrogens is 223 g/mol. The largest absolute Gasteiger partial charge is 0.406 e. The van der Waals surface area contributed by atoms with Gasteiger partial charge >= 0.3 is 6.18 Å². The molecule has 0 spiro atoms. The highest BCUT2D eigenvalue weighted by atomic mass is 19.4. The highest BCUT2D eigenvalue weighted by Crippen LogP contribution is 2.19. The summed E-state index contributed by atoms with van der Waals surface area (Å²) in [5, 5.41) is 8.74. The normalized spacial score (nSPS) is 11.6. The molecule has 0 radical (unpaired) electrons. The number of hydrogen-bond acceptors (Lipinski definition) is 4. The second-order valence-corrected chi connectivity index (χ2v) is 3.18. The van der Waals surface area contributed by atoms with Crippen molar-refractivity contribution in [2.75, 3.05) is 18.0 Å². The van der Waals surface area contributed by atoms with Crippen molar-refractivity contribution in [2.45, 2.75) is 19.7 Å². The molecule has 0 aliphatic rings. The maximum Gasteiger partial charge on any atom is 0.406 e. The molecule has 7 heteroatoms. The number of nitrogens with zero attached hydrogens (tertiary/aromatic N) is 3. The molecule has 4 nitrogen and oxygen atoms in total. The molecule has 1 heterocycles. The first-order chi connectivity index (χ1) is 7.46. The first-order valence-electron chi connectivity index (χ1n) is 4.69. The number of hydrogen-bond donors (Lipinski definition) is 1. The van der Waals surface area contributed by atoms with Gasteiger partial charge in [-0.3, -0.25) is 0 Å². The van der Waals surface area contributed by atoms with E-state index in [1.165, 1.54) is 12.4 Å². The minimum atomic E-state index is -4.28. The number of aliphatic hydroxyl groups excluding tert-OH is 1. The Morgan fingerprint density at radius 3 is 2.25 bits per heavy atom. The lowest BCUT2D eigenvalue weighted by Gasteiger charge is -2.21. The molecule has 0 aliphatic carbocycles. The molecule has 0 unspecified atom stereocenters. The van der Waals surface area contributed by atoms with Crippen molar-refractivity contribution in [3.05, 3.63) is 18.0 Å². The van der Waals surface area contributed by atoms with Crippen molar-refractivity contribution >= 4 is 5.95 Å². The Morgan fingerprint density at radius 2 is 1.88 bits per heavy atom. The lowest BCUT2D eigenvalue weighted by molar-refractivity contribution is -0.119. The van der Waals surface area contributed by atoms with E-state index in [0.717, 1.165) is 4.90 Å². The standard InChI is InChI=1S/C9H12F3N3O/c1-2-15(6-9(10,11)12)8-13-3-7(5-16)4-14-8/h3-4,16H,2,5-6H2,1H3. The predicted octanol–water partition coefficient (Wildman–Crippen LogP) is 1.36. The fourth-order valence-electron chi connectivity index (χ4n) is 1.13. The highest BCUT2D eigenvalue weighted by Gasteiger charge is 2.31. The lowest BCUT2D eigenvalue weighted by Crippen LogP contribution is -2.35. The number of aliphatic hydroxyl groups is 1. The van der Waals surface area contributed by atoms with Crippen LogP contribution in [0.15, 0.2) is 12.4 Å². The van der Waals surface area contributed by atoms with Crippen LogP contribution >= 0.6 is 0 Å².